The monoisotopic (exact) mass is 432 g/mol. The van der Waals surface area contributed by atoms with Gasteiger partial charge in [0, 0.05) is 29.2 Å². The van der Waals surface area contributed by atoms with Gasteiger partial charge >= 0.3 is 5.97 Å². The molecule has 2 amide bonds. The number of nitrogens with one attached hydrogen (secondary N) is 1. The second kappa shape index (κ2) is 7.72. The highest BCUT2D eigenvalue weighted by Gasteiger charge is 2.44. The quantitative estimate of drug-likeness (QED) is 0.761. The van der Waals surface area contributed by atoms with Crippen molar-refractivity contribution in [3.05, 3.63) is 59.2 Å². The summed E-state index contributed by atoms with van der Waals surface area (Å²) >= 11 is 0. The molecule has 162 valence electrons. The molecule has 1 saturated heterocycles. The predicted molar refractivity (Wildman–Crippen MR) is 104 cm³/mol. The molecule has 2 atom stereocenters. The molecule has 2 aliphatic rings. The van der Waals surface area contributed by atoms with E-state index in [-0.39, 0.29) is 35.2 Å². The second-order valence-corrected chi connectivity index (χ2v) is 7.72. The first kappa shape index (κ1) is 20.9. The fourth-order valence-electron chi connectivity index (χ4n) is 4.22. The molecule has 2 unspecified atom stereocenters. The molecule has 1 heterocycles. The highest BCUT2D eigenvalue weighted by atomic mass is 19.3. The van der Waals surface area contributed by atoms with E-state index in [1.165, 1.54) is 30.3 Å². The second-order valence-electron chi connectivity index (χ2n) is 7.72. The topological polar surface area (TPSA) is 86.7 Å². The minimum Gasteiger partial charge on any atom is -0.480 e. The number of amides is 2. The van der Waals surface area contributed by atoms with Crippen LogP contribution in [0, 0.1) is 5.92 Å². The minimum atomic E-state index is -3.16. The summed E-state index contributed by atoms with van der Waals surface area (Å²) in [5, 5.41) is 11.6. The van der Waals surface area contributed by atoms with Crippen LogP contribution in [0.3, 0.4) is 0 Å². The van der Waals surface area contributed by atoms with E-state index >= 15 is 0 Å². The molecule has 2 N–H and O–H groups in total. The fraction of sp³-hybridized carbons (Fsp3) is 0.318. The van der Waals surface area contributed by atoms with Crippen molar-refractivity contribution in [2.75, 3.05) is 19.8 Å². The van der Waals surface area contributed by atoms with Crippen molar-refractivity contribution in [3.8, 4) is 11.1 Å². The SMILES string of the molecule is O=C(NCC(=O)N1CC(CF)CC1C(=O)O)c1ccc2c(c1)-c1ccccc1C2(F)F. The number of fused-ring (bicyclic) bond motifs is 3. The summed E-state index contributed by atoms with van der Waals surface area (Å²) < 4.78 is 42.2. The van der Waals surface area contributed by atoms with E-state index in [0.29, 0.717) is 5.56 Å². The maximum absolute atomic E-state index is 14.6. The van der Waals surface area contributed by atoms with E-state index in [2.05, 4.69) is 5.32 Å². The summed E-state index contributed by atoms with van der Waals surface area (Å²) in [7, 11) is 0. The van der Waals surface area contributed by atoms with Crippen LogP contribution < -0.4 is 5.32 Å². The van der Waals surface area contributed by atoms with Gasteiger partial charge in [0.2, 0.25) is 5.91 Å². The van der Waals surface area contributed by atoms with Gasteiger partial charge < -0.3 is 15.3 Å². The average molecular weight is 432 g/mol. The van der Waals surface area contributed by atoms with Crippen LogP contribution >= 0.6 is 0 Å². The van der Waals surface area contributed by atoms with Crippen molar-refractivity contribution in [2.45, 2.75) is 18.4 Å². The summed E-state index contributed by atoms with van der Waals surface area (Å²) in [5.74, 6) is -6.24. The lowest BCUT2D eigenvalue weighted by molar-refractivity contribution is -0.147. The number of benzene rings is 2. The molecule has 0 radical (unpaired) electrons. The summed E-state index contributed by atoms with van der Waals surface area (Å²) in [6, 6.07) is 8.72. The number of aliphatic carboxylic acids is 1. The number of carboxylic acid groups (broad SMARTS) is 1. The molecule has 31 heavy (non-hydrogen) atoms. The molecule has 2 aromatic carbocycles. The van der Waals surface area contributed by atoms with E-state index in [4.69, 9.17) is 0 Å². The molecule has 0 spiro atoms. The molecule has 1 aliphatic carbocycles. The lowest BCUT2D eigenvalue weighted by atomic mass is 10.0. The summed E-state index contributed by atoms with van der Waals surface area (Å²) in [4.78, 5) is 37.3. The number of hydrogen-bond donors (Lipinski definition) is 2. The predicted octanol–water partition coefficient (Wildman–Crippen LogP) is 2.81. The molecule has 0 saturated carbocycles. The molecule has 2 aromatic rings. The zero-order valence-corrected chi connectivity index (χ0v) is 16.3. The first-order chi connectivity index (χ1) is 14.7. The standard InChI is InChI=1S/C22H19F3N2O4/c23-9-12-7-18(21(30)31)27(11-12)19(28)10-26-20(29)13-5-6-17-15(8-13)14-3-1-2-4-16(14)22(17,24)25/h1-6,8,12,18H,7,9-11H2,(H,26,29)(H,30,31). The van der Waals surface area contributed by atoms with Gasteiger partial charge in [-0.15, -0.1) is 0 Å². The van der Waals surface area contributed by atoms with Gasteiger partial charge in [-0.1, -0.05) is 30.3 Å². The Hall–Kier alpha value is -3.36. The number of halogens is 3. The van der Waals surface area contributed by atoms with Gasteiger partial charge in [-0.05, 0) is 29.7 Å². The third-order valence-electron chi connectivity index (χ3n) is 5.79. The Bertz CT molecular complexity index is 1070. The van der Waals surface area contributed by atoms with E-state index < -0.39 is 48.9 Å². The maximum Gasteiger partial charge on any atom is 0.326 e. The lowest BCUT2D eigenvalue weighted by Gasteiger charge is -2.21. The first-order valence-corrected chi connectivity index (χ1v) is 9.72. The van der Waals surface area contributed by atoms with Crippen LogP contribution in [0.4, 0.5) is 13.2 Å². The van der Waals surface area contributed by atoms with E-state index in [1.54, 1.807) is 12.1 Å². The van der Waals surface area contributed by atoms with Crippen LogP contribution in [0.1, 0.15) is 27.9 Å². The highest BCUT2D eigenvalue weighted by Crippen LogP contribution is 2.50. The van der Waals surface area contributed by atoms with Gasteiger partial charge in [-0.2, -0.15) is 8.78 Å². The molecule has 1 fully saturated rings. The van der Waals surface area contributed by atoms with Crippen LogP contribution in [-0.4, -0.2) is 53.6 Å². The fourth-order valence-corrected chi connectivity index (χ4v) is 4.22. The molecular weight excluding hydrogens is 413 g/mol. The Morgan fingerprint density at radius 2 is 1.81 bits per heavy atom. The molecule has 9 heteroatoms. The number of carbonyl (C=O) groups excluding carboxylic acids is 2. The Morgan fingerprint density at radius 3 is 2.52 bits per heavy atom. The number of rotatable bonds is 5. The lowest BCUT2D eigenvalue weighted by Crippen LogP contribution is -2.45. The minimum absolute atomic E-state index is 0.0178. The van der Waals surface area contributed by atoms with Gasteiger partial charge in [0.15, 0.2) is 0 Å². The first-order valence-electron chi connectivity index (χ1n) is 9.72. The van der Waals surface area contributed by atoms with Gasteiger partial charge in [-0.25, -0.2) is 4.79 Å². The summed E-state index contributed by atoms with van der Waals surface area (Å²) in [5.41, 5.74) is 0.355. The Kier molecular flexibility index (Phi) is 5.20. The van der Waals surface area contributed by atoms with E-state index in [9.17, 15) is 32.7 Å². The van der Waals surface area contributed by atoms with Gasteiger partial charge in [0.05, 0.1) is 13.2 Å². The van der Waals surface area contributed by atoms with Crippen LogP contribution in [0.25, 0.3) is 11.1 Å². The largest absolute Gasteiger partial charge is 0.480 e. The maximum atomic E-state index is 14.6. The molecule has 0 bridgehead atoms. The number of hydrogen-bond acceptors (Lipinski definition) is 3. The van der Waals surface area contributed by atoms with Crippen molar-refractivity contribution >= 4 is 17.8 Å². The van der Waals surface area contributed by atoms with Gasteiger partial charge in [-0.3, -0.25) is 14.0 Å². The van der Waals surface area contributed by atoms with Crippen molar-refractivity contribution in [2.24, 2.45) is 5.92 Å². The summed E-state index contributed by atoms with van der Waals surface area (Å²) in [6.45, 7) is -1.25. The number of alkyl halides is 3. The van der Waals surface area contributed by atoms with Crippen LogP contribution in [0.2, 0.25) is 0 Å². The number of carbonyl (C=O) groups is 3. The van der Waals surface area contributed by atoms with Gasteiger partial charge in [0.25, 0.3) is 11.8 Å². The zero-order chi connectivity index (χ0) is 22.3. The molecule has 0 aromatic heterocycles. The smallest absolute Gasteiger partial charge is 0.326 e. The summed E-state index contributed by atoms with van der Waals surface area (Å²) in [6.07, 6.45) is 0.0178. The average Bonchev–Trinajstić information content (AvgIpc) is 3.30. The molecule has 1 aliphatic heterocycles. The number of carboxylic acids is 1. The molecule has 6 nitrogen and oxygen atoms in total. The number of nitrogens with zero attached hydrogens (tertiary/aromatic N) is 1. The van der Waals surface area contributed by atoms with Gasteiger partial charge in [0.1, 0.15) is 6.04 Å². The zero-order valence-electron chi connectivity index (χ0n) is 16.3. The van der Waals surface area contributed by atoms with Crippen LogP contribution in [-0.2, 0) is 15.5 Å². The van der Waals surface area contributed by atoms with Crippen molar-refractivity contribution < 1.29 is 32.7 Å². The van der Waals surface area contributed by atoms with E-state index in [1.807, 2.05) is 0 Å². The Labute approximate surface area is 175 Å². The van der Waals surface area contributed by atoms with E-state index in [0.717, 1.165) is 4.90 Å². The number of likely N-dealkylation sites (tertiary alicyclic amines) is 1. The highest BCUT2D eigenvalue weighted by molar-refractivity contribution is 5.99. The third kappa shape index (κ3) is 3.54. The van der Waals surface area contributed by atoms with Crippen LogP contribution in [0.15, 0.2) is 42.5 Å². The van der Waals surface area contributed by atoms with Crippen LogP contribution in [0.5, 0.6) is 0 Å². The third-order valence-corrected chi connectivity index (χ3v) is 5.79. The normalized spacial score (nSPS) is 20.8. The molecule has 4 rings (SSSR count). The van der Waals surface area contributed by atoms with Crippen molar-refractivity contribution in [1.82, 2.24) is 10.2 Å². The Morgan fingerprint density at radius 1 is 1.10 bits per heavy atom. The van der Waals surface area contributed by atoms with Crippen molar-refractivity contribution in [1.29, 1.82) is 0 Å². The Balaban J connectivity index is 1.49. The molecular formula is C22H19F3N2O4. The van der Waals surface area contributed by atoms with Crippen molar-refractivity contribution in [3.63, 3.8) is 0 Å².